The Balaban J connectivity index is 1.74. The van der Waals surface area contributed by atoms with E-state index in [1.807, 2.05) is 36.5 Å². The molecule has 0 spiro atoms. The maximum Gasteiger partial charge on any atom is 0.203 e. The van der Waals surface area contributed by atoms with E-state index in [2.05, 4.69) is 21.8 Å². The van der Waals surface area contributed by atoms with E-state index in [0.29, 0.717) is 13.2 Å². The maximum atomic E-state index is 5.69. The van der Waals surface area contributed by atoms with Gasteiger partial charge in [0.15, 0.2) is 0 Å². The van der Waals surface area contributed by atoms with E-state index in [4.69, 9.17) is 9.47 Å². The molecule has 0 bridgehead atoms. The number of aryl methyl sites for hydroxylation is 1. The van der Waals surface area contributed by atoms with E-state index in [9.17, 15) is 0 Å². The number of ether oxygens (including phenoxy) is 2. The van der Waals surface area contributed by atoms with E-state index in [0.717, 1.165) is 24.7 Å². The standard InChI is InChI=1S/C16H23N3O2/c1-14(13-20-2)18-16-17-9-11-19(16)10-6-12-21-15-7-4-3-5-8-15/h3-5,7-9,11,14H,6,10,12-13H2,1-2H3,(H,17,18). The van der Waals surface area contributed by atoms with Gasteiger partial charge in [-0.3, -0.25) is 0 Å². The van der Waals surface area contributed by atoms with Crippen LogP contribution < -0.4 is 10.1 Å². The molecule has 1 N–H and O–H groups in total. The third kappa shape index (κ3) is 5.11. The topological polar surface area (TPSA) is 48.3 Å². The fourth-order valence-corrected chi connectivity index (χ4v) is 2.08. The summed E-state index contributed by atoms with van der Waals surface area (Å²) < 4.78 is 12.9. The third-order valence-corrected chi connectivity index (χ3v) is 3.06. The average Bonchev–Trinajstić information content (AvgIpc) is 2.92. The second-order valence-electron chi connectivity index (χ2n) is 4.96. The summed E-state index contributed by atoms with van der Waals surface area (Å²) in [7, 11) is 1.70. The molecule has 0 aliphatic heterocycles. The van der Waals surface area contributed by atoms with Crippen LogP contribution >= 0.6 is 0 Å². The first-order valence-corrected chi connectivity index (χ1v) is 7.24. The second-order valence-corrected chi connectivity index (χ2v) is 4.96. The zero-order valence-corrected chi connectivity index (χ0v) is 12.7. The van der Waals surface area contributed by atoms with Crippen LogP contribution in [-0.4, -0.2) is 35.9 Å². The number of para-hydroxylation sites is 1. The van der Waals surface area contributed by atoms with Crippen molar-refractivity contribution in [1.82, 2.24) is 9.55 Å². The number of rotatable bonds is 9. The summed E-state index contributed by atoms with van der Waals surface area (Å²) in [6, 6.07) is 10.1. The zero-order valence-electron chi connectivity index (χ0n) is 12.7. The smallest absolute Gasteiger partial charge is 0.203 e. The molecule has 2 rings (SSSR count). The fourth-order valence-electron chi connectivity index (χ4n) is 2.08. The van der Waals surface area contributed by atoms with Crippen molar-refractivity contribution < 1.29 is 9.47 Å². The van der Waals surface area contributed by atoms with Gasteiger partial charge in [0, 0.05) is 32.1 Å². The third-order valence-electron chi connectivity index (χ3n) is 3.06. The fraction of sp³-hybridized carbons (Fsp3) is 0.438. The van der Waals surface area contributed by atoms with Gasteiger partial charge in [-0.15, -0.1) is 0 Å². The van der Waals surface area contributed by atoms with Crippen molar-refractivity contribution in [1.29, 1.82) is 0 Å². The van der Waals surface area contributed by atoms with Gasteiger partial charge in [0.2, 0.25) is 5.95 Å². The highest BCUT2D eigenvalue weighted by Crippen LogP contribution is 2.10. The van der Waals surface area contributed by atoms with Crippen LogP contribution in [0.25, 0.3) is 0 Å². The molecule has 0 aliphatic carbocycles. The molecule has 114 valence electrons. The minimum absolute atomic E-state index is 0.233. The van der Waals surface area contributed by atoms with Gasteiger partial charge in [-0.05, 0) is 25.5 Å². The van der Waals surface area contributed by atoms with Crippen LogP contribution in [0.3, 0.4) is 0 Å². The van der Waals surface area contributed by atoms with Crippen molar-refractivity contribution in [3.8, 4) is 5.75 Å². The number of hydrogen-bond acceptors (Lipinski definition) is 4. The van der Waals surface area contributed by atoms with E-state index < -0.39 is 0 Å². The molecule has 0 saturated carbocycles. The number of benzene rings is 1. The summed E-state index contributed by atoms with van der Waals surface area (Å²) in [5.41, 5.74) is 0. The monoisotopic (exact) mass is 289 g/mol. The summed E-state index contributed by atoms with van der Waals surface area (Å²) in [6.07, 6.45) is 4.71. The first-order chi connectivity index (χ1) is 10.3. The Morgan fingerprint density at radius 1 is 1.29 bits per heavy atom. The molecule has 1 heterocycles. The van der Waals surface area contributed by atoms with Gasteiger partial charge in [-0.1, -0.05) is 18.2 Å². The lowest BCUT2D eigenvalue weighted by atomic mass is 10.3. The highest BCUT2D eigenvalue weighted by atomic mass is 16.5. The van der Waals surface area contributed by atoms with Crippen LogP contribution in [0.4, 0.5) is 5.95 Å². The molecular weight excluding hydrogens is 266 g/mol. The quantitative estimate of drug-likeness (QED) is 0.721. The Morgan fingerprint density at radius 2 is 2.10 bits per heavy atom. The lowest BCUT2D eigenvalue weighted by molar-refractivity contribution is 0.190. The van der Waals surface area contributed by atoms with Crippen molar-refractivity contribution in [2.24, 2.45) is 0 Å². The molecule has 0 radical (unpaired) electrons. The van der Waals surface area contributed by atoms with Gasteiger partial charge in [0.05, 0.1) is 13.2 Å². The molecule has 0 saturated heterocycles. The minimum Gasteiger partial charge on any atom is -0.494 e. The average molecular weight is 289 g/mol. The Kier molecular flexibility index (Phi) is 6.09. The summed E-state index contributed by atoms with van der Waals surface area (Å²) in [6.45, 7) is 4.29. The van der Waals surface area contributed by atoms with Crippen LogP contribution in [0.15, 0.2) is 42.7 Å². The van der Waals surface area contributed by atoms with Crippen LogP contribution in [0, 0.1) is 0 Å². The van der Waals surface area contributed by atoms with E-state index in [-0.39, 0.29) is 6.04 Å². The Labute approximate surface area is 125 Å². The normalized spacial score (nSPS) is 12.1. The molecule has 1 unspecified atom stereocenters. The first kappa shape index (κ1) is 15.4. The maximum absolute atomic E-state index is 5.69. The Morgan fingerprint density at radius 3 is 2.86 bits per heavy atom. The predicted molar refractivity (Wildman–Crippen MR) is 83.7 cm³/mol. The number of anilines is 1. The van der Waals surface area contributed by atoms with E-state index >= 15 is 0 Å². The van der Waals surface area contributed by atoms with Crippen molar-refractivity contribution >= 4 is 5.95 Å². The molecule has 1 atom stereocenters. The van der Waals surface area contributed by atoms with Crippen molar-refractivity contribution in [2.45, 2.75) is 25.9 Å². The molecule has 1 aromatic carbocycles. The van der Waals surface area contributed by atoms with Crippen molar-refractivity contribution in [2.75, 3.05) is 25.6 Å². The van der Waals surface area contributed by atoms with Gasteiger partial charge in [-0.25, -0.2) is 4.98 Å². The lowest BCUT2D eigenvalue weighted by Crippen LogP contribution is -2.23. The number of imidazole rings is 1. The summed E-state index contributed by atoms with van der Waals surface area (Å²) in [5.74, 6) is 1.79. The number of aromatic nitrogens is 2. The molecule has 1 aromatic heterocycles. The van der Waals surface area contributed by atoms with E-state index in [1.165, 1.54) is 0 Å². The van der Waals surface area contributed by atoms with Gasteiger partial charge >= 0.3 is 0 Å². The van der Waals surface area contributed by atoms with Crippen molar-refractivity contribution in [3.05, 3.63) is 42.7 Å². The molecule has 5 nitrogen and oxygen atoms in total. The SMILES string of the molecule is COCC(C)Nc1nccn1CCCOc1ccccc1. The lowest BCUT2D eigenvalue weighted by Gasteiger charge is -2.15. The molecule has 5 heteroatoms. The molecule has 21 heavy (non-hydrogen) atoms. The molecule has 0 fully saturated rings. The van der Waals surface area contributed by atoms with E-state index in [1.54, 1.807) is 13.3 Å². The first-order valence-electron chi connectivity index (χ1n) is 7.24. The van der Waals surface area contributed by atoms with Gasteiger partial charge < -0.3 is 19.4 Å². The largest absolute Gasteiger partial charge is 0.494 e. The second kappa shape index (κ2) is 8.32. The highest BCUT2D eigenvalue weighted by Gasteiger charge is 2.06. The number of methoxy groups -OCH3 is 1. The van der Waals surface area contributed by atoms with Crippen LogP contribution in [0.1, 0.15) is 13.3 Å². The zero-order chi connectivity index (χ0) is 14.9. The molecule has 0 aliphatic rings. The summed E-state index contributed by atoms with van der Waals surface area (Å²) in [4.78, 5) is 4.33. The Bertz CT molecular complexity index is 513. The van der Waals surface area contributed by atoms with Gasteiger partial charge in [0.25, 0.3) is 0 Å². The van der Waals surface area contributed by atoms with Crippen LogP contribution in [0.5, 0.6) is 5.75 Å². The van der Waals surface area contributed by atoms with Crippen LogP contribution in [0.2, 0.25) is 0 Å². The Hall–Kier alpha value is -2.01. The number of hydrogen-bond donors (Lipinski definition) is 1. The van der Waals surface area contributed by atoms with Gasteiger partial charge in [-0.2, -0.15) is 0 Å². The van der Waals surface area contributed by atoms with Crippen molar-refractivity contribution in [3.63, 3.8) is 0 Å². The predicted octanol–water partition coefficient (Wildman–Crippen LogP) is 2.80. The van der Waals surface area contributed by atoms with Crippen LogP contribution in [-0.2, 0) is 11.3 Å². The number of nitrogens with one attached hydrogen (secondary N) is 1. The molecular formula is C16H23N3O2. The summed E-state index contributed by atoms with van der Waals surface area (Å²) >= 11 is 0. The highest BCUT2D eigenvalue weighted by molar-refractivity contribution is 5.27. The molecule has 0 amide bonds. The minimum atomic E-state index is 0.233. The van der Waals surface area contributed by atoms with Gasteiger partial charge in [0.1, 0.15) is 5.75 Å². The molecule has 2 aromatic rings. The summed E-state index contributed by atoms with van der Waals surface area (Å²) in [5, 5.41) is 3.34. The number of nitrogens with zero attached hydrogens (tertiary/aromatic N) is 2.